The van der Waals surface area contributed by atoms with Crippen LogP contribution < -0.4 is 0 Å². The number of fused-ring (bicyclic) bond motifs is 5. The van der Waals surface area contributed by atoms with E-state index in [-0.39, 0.29) is 35.7 Å². The molecule has 0 saturated heterocycles. The molecule has 0 aromatic rings. The molecule has 4 aliphatic carbocycles. The number of Topliss-reactive ketones (excluding diaryl/α,β-unsaturated/α-hetero) is 1. The lowest BCUT2D eigenvalue weighted by Gasteiger charge is -2.58. The lowest BCUT2D eigenvalue weighted by Crippen LogP contribution is -2.59. The second-order valence-electron chi connectivity index (χ2n) is 10.7. The molecule has 0 heterocycles. The molecule has 5 heteroatoms. The molecular weight excluding hydrogens is 368 g/mol. The number of hydrogen-bond donors (Lipinski definition) is 2. The summed E-state index contributed by atoms with van der Waals surface area (Å²) in [6.45, 7) is 7.40. The van der Waals surface area contributed by atoms with Gasteiger partial charge in [-0.1, -0.05) is 32.4 Å². The van der Waals surface area contributed by atoms with E-state index in [0.717, 1.165) is 44.9 Å². The molecule has 162 valence electrons. The number of rotatable bonds is 3. The quantitative estimate of drug-likeness (QED) is 0.556. The number of ether oxygens (including phenoxy) is 1. The molecule has 0 spiro atoms. The molecule has 5 nitrogen and oxygen atoms in total. The largest absolute Gasteiger partial charge is 0.458 e. The minimum Gasteiger partial charge on any atom is -0.458 e. The smallest absolute Gasteiger partial charge is 0.303 e. The molecule has 29 heavy (non-hydrogen) atoms. The molecular formula is C24H36O5. The van der Waals surface area contributed by atoms with Crippen LogP contribution in [0.3, 0.4) is 0 Å². The third-order valence-electron chi connectivity index (χ3n) is 9.49. The van der Waals surface area contributed by atoms with Crippen LogP contribution in [-0.2, 0) is 14.3 Å². The van der Waals surface area contributed by atoms with Gasteiger partial charge in [0.2, 0.25) is 5.78 Å². The number of esters is 1. The third-order valence-corrected chi connectivity index (χ3v) is 9.49. The fourth-order valence-electron chi connectivity index (χ4n) is 7.85. The highest BCUT2D eigenvalue weighted by Crippen LogP contribution is 2.68. The summed E-state index contributed by atoms with van der Waals surface area (Å²) < 4.78 is 4.98. The molecule has 0 bridgehead atoms. The van der Waals surface area contributed by atoms with Crippen LogP contribution in [0.15, 0.2) is 11.6 Å². The van der Waals surface area contributed by atoms with E-state index in [1.54, 1.807) is 0 Å². The lowest BCUT2D eigenvalue weighted by atomic mass is 9.46. The van der Waals surface area contributed by atoms with Crippen molar-refractivity contribution in [3.05, 3.63) is 11.6 Å². The highest BCUT2D eigenvalue weighted by Gasteiger charge is 2.68. The van der Waals surface area contributed by atoms with Gasteiger partial charge >= 0.3 is 5.97 Å². The zero-order valence-electron chi connectivity index (χ0n) is 18.2. The minimum atomic E-state index is -1.44. The second kappa shape index (κ2) is 6.91. The van der Waals surface area contributed by atoms with Crippen molar-refractivity contribution < 1.29 is 24.5 Å². The average molecular weight is 405 g/mol. The highest BCUT2D eigenvalue weighted by molar-refractivity contribution is 5.91. The van der Waals surface area contributed by atoms with Crippen molar-refractivity contribution in [2.24, 2.45) is 34.5 Å². The summed E-state index contributed by atoms with van der Waals surface area (Å²) in [5.41, 5.74) is -0.366. The van der Waals surface area contributed by atoms with E-state index in [0.29, 0.717) is 11.8 Å². The van der Waals surface area contributed by atoms with E-state index >= 15 is 0 Å². The van der Waals surface area contributed by atoms with Crippen molar-refractivity contribution in [1.29, 1.82) is 0 Å². The maximum Gasteiger partial charge on any atom is 0.303 e. The number of aliphatic hydroxyl groups excluding tert-OH is 1. The Kier molecular flexibility index (Phi) is 5.02. The first kappa shape index (κ1) is 21.0. The molecule has 8 atom stereocenters. The van der Waals surface area contributed by atoms with E-state index in [9.17, 15) is 19.8 Å². The molecule has 3 saturated carbocycles. The molecule has 4 aliphatic rings. The van der Waals surface area contributed by atoms with Crippen LogP contribution in [-0.4, -0.2) is 40.3 Å². The number of allylic oxidation sites excluding steroid dienone is 1. The van der Waals surface area contributed by atoms with Gasteiger partial charge in [-0.2, -0.15) is 0 Å². The molecule has 4 rings (SSSR count). The molecule has 0 unspecified atom stereocenters. The molecule has 0 aromatic carbocycles. The van der Waals surface area contributed by atoms with Crippen LogP contribution in [0.2, 0.25) is 0 Å². The summed E-state index contributed by atoms with van der Waals surface area (Å²) in [6, 6.07) is 0. The number of hydrogen-bond acceptors (Lipinski definition) is 5. The Balaban J connectivity index is 1.64. The van der Waals surface area contributed by atoms with Crippen molar-refractivity contribution in [1.82, 2.24) is 0 Å². The standard InChI is InChI=1S/C24H36O5/c1-14-11-20-18-6-5-16-12-17(26)7-9-22(16,3)19(18)8-10-23(20,4)24(14,28)21(27)13-29-15(2)25/h5,14,17-20,26,28H,6-13H2,1-4H3/t14-,17+,18-,19-,20-,22+,23+,24+/m1/s1. The van der Waals surface area contributed by atoms with Crippen molar-refractivity contribution in [3.8, 4) is 0 Å². The second-order valence-corrected chi connectivity index (χ2v) is 10.7. The van der Waals surface area contributed by atoms with E-state index in [4.69, 9.17) is 4.74 Å². The van der Waals surface area contributed by atoms with Crippen LogP contribution >= 0.6 is 0 Å². The van der Waals surface area contributed by atoms with Gasteiger partial charge in [0.05, 0.1) is 6.10 Å². The summed E-state index contributed by atoms with van der Waals surface area (Å²) in [7, 11) is 0. The van der Waals surface area contributed by atoms with Gasteiger partial charge in [0.25, 0.3) is 0 Å². The summed E-state index contributed by atoms with van der Waals surface area (Å²) in [4.78, 5) is 24.3. The Morgan fingerprint density at radius 3 is 2.62 bits per heavy atom. The first-order chi connectivity index (χ1) is 13.5. The SMILES string of the molecule is CC(=O)OCC(=O)[C@@]1(O)[C@H](C)C[C@@H]2[C@@H]3CC=C4C[C@@H](O)CC[C@]4(C)[C@@H]3CC[C@@]21C. The van der Waals surface area contributed by atoms with Crippen LogP contribution in [0.4, 0.5) is 0 Å². The van der Waals surface area contributed by atoms with Gasteiger partial charge in [-0.05, 0) is 74.0 Å². The van der Waals surface area contributed by atoms with Crippen molar-refractivity contribution in [2.45, 2.75) is 84.3 Å². The van der Waals surface area contributed by atoms with Crippen molar-refractivity contribution in [3.63, 3.8) is 0 Å². The van der Waals surface area contributed by atoms with Crippen molar-refractivity contribution >= 4 is 11.8 Å². The first-order valence-corrected chi connectivity index (χ1v) is 11.3. The monoisotopic (exact) mass is 404 g/mol. The minimum absolute atomic E-state index is 0.134. The molecule has 0 radical (unpaired) electrons. The third kappa shape index (κ3) is 2.87. The van der Waals surface area contributed by atoms with Gasteiger partial charge in [-0.25, -0.2) is 0 Å². The van der Waals surface area contributed by atoms with Crippen LogP contribution in [0.25, 0.3) is 0 Å². The number of aliphatic hydroxyl groups is 2. The van der Waals surface area contributed by atoms with Gasteiger partial charge < -0.3 is 14.9 Å². The molecule has 3 fully saturated rings. The summed E-state index contributed by atoms with van der Waals surface area (Å²) in [6.07, 6.45) is 8.45. The van der Waals surface area contributed by atoms with Gasteiger partial charge in [-0.3, -0.25) is 9.59 Å². The fourth-order valence-corrected chi connectivity index (χ4v) is 7.85. The summed E-state index contributed by atoms with van der Waals surface area (Å²) in [5, 5.41) is 21.9. The molecule has 2 N–H and O–H groups in total. The van der Waals surface area contributed by atoms with Gasteiger partial charge in [0.15, 0.2) is 6.61 Å². The number of carbonyl (C=O) groups excluding carboxylic acids is 2. The molecule has 0 amide bonds. The van der Waals surface area contributed by atoms with E-state index in [2.05, 4.69) is 19.9 Å². The predicted molar refractivity (Wildman–Crippen MR) is 109 cm³/mol. The Bertz CT molecular complexity index is 744. The predicted octanol–water partition coefficient (Wildman–Crippen LogP) is 3.42. The van der Waals surface area contributed by atoms with E-state index < -0.39 is 17.0 Å². The van der Waals surface area contributed by atoms with Crippen LogP contribution in [0, 0.1) is 34.5 Å². The van der Waals surface area contributed by atoms with Gasteiger partial charge in [0.1, 0.15) is 5.60 Å². The normalized spacial score (nSPS) is 48.8. The van der Waals surface area contributed by atoms with E-state index in [1.807, 2.05) is 6.92 Å². The zero-order chi connectivity index (χ0) is 21.2. The Labute approximate surface area is 173 Å². The van der Waals surface area contributed by atoms with Gasteiger partial charge in [0, 0.05) is 12.3 Å². The maximum atomic E-state index is 13.1. The zero-order valence-corrected chi connectivity index (χ0v) is 18.2. The van der Waals surface area contributed by atoms with Crippen LogP contribution in [0.1, 0.15) is 72.6 Å². The Morgan fingerprint density at radius 2 is 1.93 bits per heavy atom. The summed E-state index contributed by atoms with van der Waals surface area (Å²) >= 11 is 0. The topological polar surface area (TPSA) is 83.8 Å². The number of ketones is 1. The average Bonchev–Trinajstić information content (AvgIpc) is 2.88. The maximum absolute atomic E-state index is 13.1. The van der Waals surface area contributed by atoms with Crippen LogP contribution in [0.5, 0.6) is 0 Å². The molecule has 0 aromatic heterocycles. The number of carbonyl (C=O) groups is 2. The summed E-state index contributed by atoms with van der Waals surface area (Å²) in [5.74, 6) is 0.301. The fraction of sp³-hybridized carbons (Fsp3) is 0.833. The first-order valence-electron chi connectivity index (χ1n) is 11.3. The highest BCUT2D eigenvalue weighted by atomic mass is 16.5. The van der Waals surface area contributed by atoms with Gasteiger partial charge in [-0.15, -0.1) is 0 Å². The Morgan fingerprint density at radius 1 is 1.21 bits per heavy atom. The van der Waals surface area contributed by atoms with Crippen molar-refractivity contribution in [2.75, 3.05) is 6.61 Å². The Hall–Kier alpha value is -1.20. The van der Waals surface area contributed by atoms with E-state index in [1.165, 1.54) is 12.5 Å². The lowest BCUT2D eigenvalue weighted by molar-refractivity contribution is -0.173. The molecule has 0 aliphatic heterocycles.